The van der Waals surface area contributed by atoms with Gasteiger partial charge in [0.2, 0.25) is 0 Å². The lowest BCUT2D eigenvalue weighted by atomic mass is 10.2. The Bertz CT molecular complexity index is 264. The van der Waals surface area contributed by atoms with E-state index in [1.54, 1.807) is 0 Å². The van der Waals surface area contributed by atoms with E-state index in [0.717, 1.165) is 26.1 Å². The minimum absolute atomic E-state index is 1.05. The van der Waals surface area contributed by atoms with Gasteiger partial charge in [-0.1, -0.05) is 6.92 Å². The summed E-state index contributed by atoms with van der Waals surface area (Å²) in [5.41, 5.74) is 2.67. The molecule has 0 bridgehead atoms. The van der Waals surface area contributed by atoms with Gasteiger partial charge in [-0.05, 0) is 13.5 Å². The molecule has 1 aromatic rings. The van der Waals surface area contributed by atoms with E-state index in [1.807, 2.05) is 6.33 Å². The smallest absolute Gasteiger partial charge is 0.0952 e. The van der Waals surface area contributed by atoms with Crippen LogP contribution < -0.4 is 0 Å². The summed E-state index contributed by atoms with van der Waals surface area (Å²) in [7, 11) is 2.16. The first kappa shape index (κ1) is 7.80. The average Bonchev–Trinajstić information content (AvgIpc) is 2.46. The van der Waals surface area contributed by atoms with Crippen LogP contribution in [0.1, 0.15) is 18.3 Å². The summed E-state index contributed by atoms with van der Waals surface area (Å²) < 4.78 is 2.28. The summed E-state index contributed by atoms with van der Waals surface area (Å²) in [5.74, 6) is 0. The third-order valence-corrected chi connectivity index (χ3v) is 2.51. The van der Waals surface area contributed by atoms with Crippen LogP contribution in [0.5, 0.6) is 0 Å². The SMILES string of the molecule is CCc1ncn2c1CN(C)CC2. The lowest BCUT2D eigenvalue weighted by Gasteiger charge is -2.24. The van der Waals surface area contributed by atoms with Gasteiger partial charge in [0, 0.05) is 19.6 Å². The number of hydrogen-bond donors (Lipinski definition) is 0. The van der Waals surface area contributed by atoms with Gasteiger partial charge in [0.25, 0.3) is 0 Å². The normalized spacial score (nSPS) is 17.8. The number of fused-ring (bicyclic) bond motifs is 1. The van der Waals surface area contributed by atoms with Gasteiger partial charge in [0.1, 0.15) is 0 Å². The standard InChI is InChI=1S/C9H15N3/c1-3-8-9-6-11(2)4-5-12(9)7-10-8/h7H,3-6H2,1-2H3. The van der Waals surface area contributed by atoms with E-state index in [1.165, 1.54) is 11.4 Å². The Hall–Kier alpha value is -0.830. The summed E-state index contributed by atoms with van der Waals surface area (Å²) in [6, 6.07) is 0. The van der Waals surface area contributed by atoms with Crippen LogP contribution in [0, 0.1) is 0 Å². The van der Waals surface area contributed by atoms with Crippen LogP contribution in [0.4, 0.5) is 0 Å². The summed E-state index contributed by atoms with van der Waals surface area (Å²) in [6.07, 6.45) is 3.03. The van der Waals surface area contributed by atoms with Crippen LogP contribution in [0.15, 0.2) is 6.33 Å². The number of rotatable bonds is 1. The average molecular weight is 165 g/mol. The molecule has 3 nitrogen and oxygen atoms in total. The number of aryl methyl sites for hydroxylation is 1. The van der Waals surface area contributed by atoms with Gasteiger partial charge >= 0.3 is 0 Å². The number of imidazole rings is 1. The largest absolute Gasteiger partial charge is 0.332 e. The van der Waals surface area contributed by atoms with Crippen LogP contribution in [0.2, 0.25) is 0 Å². The maximum absolute atomic E-state index is 4.39. The number of likely N-dealkylation sites (N-methyl/N-ethyl adjacent to an activating group) is 1. The van der Waals surface area contributed by atoms with Gasteiger partial charge < -0.3 is 4.57 Å². The maximum atomic E-state index is 4.39. The fraction of sp³-hybridized carbons (Fsp3) is 0.667. The van der Waals surface area contributed by atoms with E-state index in [0.29, 0.717) is 0 Å². The van der Waals surface area contributed by atoms with Gasteiger partial charge in [-0.3, -0.25) is 4.90 Å². The van der Waals surface area contributed by atoms with Gasteiger partial charge in [0.15, 0.2) is 0 Å². The Morgan fingerprint density at radius 2 is 2.33 bits per heavy atom. The minimum Gasteiger partial charge on any atom is -0.332 e. The third-order valence-electron chi connectivity index (χ3n) is 2.51. The molecule has 66 valence electrons. The molecule has 1 aromatic heterocycles. The maximum Gasteiger partial charge on any atom is 0.0952 e. The molecule has 0 fully saturated rings. The third kappa shape index (κ3) is 1.14. The molecule has 0 aromatic carbocycles. The van der Waals surface area contributed by atoms with Crippen LogP contribution in [0.25, 0.3) is 0 Å². The van der Waals surface area contributed by atoms with Crippen molar-refractivity contribution in [3.05, 3.63) is 17.7 Å². The summed E-state index contributed by atoms with van der Waals surface area (Å²) in [5, 5.41) is 0. The van der Waals surface area contributed by atoms with Crippen molar-refractivity contribution in [3.8, 4) is 0 Å². The molecule has 2 rings (SSSR count). The topological polar surface area (TPSA) is 21.1 Å². The molecule has 1 aliphatic heterocycles. The van der Waals surface area contributed by atoms with Crippen LogP contribution in [0.3, 0.4) is 0 Å². The zero-order valence-corrected chi connectivity index (χ0v) is 7.75. The monoisotopic (exact) mass is 165 g/mol. The van der Waals surface area contributed by atoms with E-state index in [2.05, 4.69) is 28.4 Å². The van der Waals surface area contributed by atoms with Gasteiger partial charge in [-0.25, -0.2) is 4.98 Å². The molecule has 0 atom stereocenters. The second-order valence-electron chi connectivity index (χ2n) is 3.42. The van der Waals surface area contributed by atoms with Crippen LogP contribution in [-0.4, -0.2) is 28.0 Å². The fourth-order valence-electron chi connectivity index (χ4n) is 1.73. The molecular weight excluding hydrogens is 150 g/mol. The molecule has 0 aliphatic carbocycles. The lowest BCUT2D eigenvalue weighted by molar-refractivity contribution is 0.268. The Morgan fingerprint density at radius 3 is 3.08 bits per heavy atom. The van der Waals surface area contributed by atoms with Crippen LogP contribution in [-0.2, 0) is 19.5 Å². The van der Waals surface area contributed by atoms with Crippen molar-refractivity contribution in [2.75, 3.05) is 13.6 Å². The van der Waals surface area contributed by atoms with E-state index >= 15 is 0 Å². The second-order valence-corrected chi connectivity index (χ2v) is 3.42. The van der Waals surface area contributed by atoms with Crippen molar-refractivity contribution in [3.63, 3.8) is 0 Å². The first-order valence-electron chi connectivity index (χ1n) is 4.52. The minimum atomic E-state index is 1.05. The molecular formula is C9H15N3. The van der Waals surface area contributed by atoms with Crippen molar-refractivity contribution in [1.29, 1.82) is 0 Å². The first-order valence-corrected chi connectivity index (χ1v) is 4.52. The highest BCUT2D eigenvalue weighted by atomic mass is 15.2. The summed E-state index contributed by atoms with van der Waals surface area (Å²) >= 11 is 0. The van der Waals surface area contributed by atoms with Crippen molar-refractivity contribution >= 4 is 0 Å². The quantitative estimate of drug-likeness (QED) is 0.616. The van der Waals surface area contributed by atoms with Gasteiger partial charge in [-0.2, -0.15) is 0 Å². The predicted octanol–water partition coefficient (Wildman–Crippen LogP) is 0.891. The van der Waals surface area contributed by atoms with Crippen LogP contribution >= 0.6 is 0 Å². The molecule has 0 saturated heterocycles. The van der Waals surface area contributed by atoms with E-state index in [9.17, 15) is 0 Å². The number of aromatic nitrogens is 2. The molecule has 2 heterocycles. The molecule has 0 unspecified atom stereocenters. The lowest BCUT2D eigenvalue weighted by Crippen LogP contribution is -2.30. The molecule has 3 heteroatoms. The number of nitrogens with zero attached hydrogens (tertiary/aromatic N) is 3. The van der Waals surface area contributed by atoms with Gasteiger partial charge in [0.05, 0.1) is 17.7 Å². The molecule has 0 amide bonds. The highest BCUT2D eigenvalue weighted by Gasteiger charge is 2.15. The molecule has 0 saturated carbocycles. The number of hydrogen-bond acceptors (Lipinski definition) is 2. The molecule has 0 radical (unpaired) electrons. The van der Waals surface area contributed by atoms with Crippen molar-refractivity contribution in [1.82, 2.24) is 14.5 Å². The predicted molar refractivity (Wildman–Crippen MR) is 47.9 cm³/mol. The van der Waals surface area contributed by atoms with E-state index in [4.69, 9.17) is 0 Å². The molecule has 0 spiro atoms. The molecule has 12 heavy (non-hydrogen) atoms. The van der Waals surface area contributed by atoms with E-state index < -0.39 is 0 Å². The second kappa shape index (κ2) is 2.90. The highest BCUT2D eigenvalue weighted by Crippen LogP contribution is 2.14. The highest BCUT2D eigenvalue weighted by molar-refractivity contribution is 5.14. The molecule has 1 aliphatic rings. The summed E-state index contributed by atoms with van der Waals surface area (Å²) in [6.45, 7) is 5.46. The van der Waals surface area contributed by atoms with Gasteiger partial charge in [-0.15, -0.1) is 0 Å². The van der Waals surface area contributed by atoms with E-state index in [-0.39, 0.29) is 0 Å². The Kier molecular flexibility index (Phi) is 1.89. The zero-order chi connectivity index (χ0) is 8.55. The Balaban J connectivity index is 2.34. The molecule has 0 N–H and O–H groups in total. The van der Waals surface area contributed by atoms with Crippen molar-refractivity contribution < 1.29 is 0 Å². The fourth-order valence-corrected chi connectivity index (χ4v) is 1.73. The Labute approximate surface area is 73.0 Å². The summed E-state index contributed by atoms with van der Waals surface area (Å²) in [4.78, 5) is 6.73. The Morgan fingerprint density at radius 1 is 1.50 bits per heavy atom. The van der Waals surface area contributed by atoms with Crippen molar-refractivity contribution in [2.45, 2.75) is 26.4 Å². The van der Waals surface area contributed by atoms with Crippen molar-refractivity contribution in [2.24, 2.45) is 0 Å². The zero-order valence-electron chi connectivity index (χ0n) is 7.75. The first-order chi connectivity index (χ1) is 5.81.